The average Bonchev–Trinajstić information content (AvgIpc) is 2.18. The second kappa shape index (κ2) is 8.19. The maximum Gasteiger partial charge on any atom is 0.334 e. The first-order valence-corrected chi connectivity index (χ1v) is 4.63. The number of hydrogen-bond donors (Lipinski definition) is 2. The highest BCUT2D eigenvalue weighted by atomic mass is 16.5. The lowest BCUT2D eigenvalue weighted by Gasteiger charge is -2.11. The van der Waals surface area contributed by atoms with Crippen molar-refractivity contribution in [2.24, 2.45) is 0 Å². The summed E-state index contributed by atoms with van der Waals surface area (Å²) in [4.78, 5) is 21.7. The summed E-state index contributed by atoms with van der Waals surface area (Å²) in [6.45, 7) is 0.498. The summed E-state index contributed by atoms with van der Waals surface area (Å²) in [5.74, 6) is -1.29. The van der Waals surface area contributed by atoms with E-state index in [9.17, 15) is 9.59 Å². The fourth-order valence-electron chi connectivity index (χ4n) is 0.943. The van der Waals surface area contributed by atoms with Crippen molar-refractivity contribution in [3.8, 4) is 0 Å². The van der Waals surface area contributed by atoms with Gasteiger partial charge in [0.15, 0.2) is 6.10 Å². The van der Waals surface area contributed by atoms with Gasteiger partial charge in [0.05, 0.1) is 6.54 Å². The fourth-order valence-corrected chi connectivity index (χ4v) is 0.943. The third-order valence-electron chi connectivity index (χ3n) is 1.80. The lowest BCUT2D eigenvalue weighted by molar-refractivity contribution is -0.148. The Labute approximate surface area is 88.6 Å². The van der Waals surface area contributed by atoms with E-state index in [2.05, 4.69) is 10.1 Å². The maximum atomic E-state index is 11.1. The lowest BCUT2D eigenvalue weighted by Crippen LogP contribution is -2.37. The monoisotopic (exact) mass is 219 g/mol. The lowest BCUT2D eigenvalue weighted by atomic mass is 10.3. The van der Waals surface area contributed by atoms with Crippen molar-refractivity contribution in [2.75, 3.05) is 27.4 Å². The molecule has 88 valence electrons. The molecule has 0 heterocycles. The first kappa shape index (κ1) is 13.9. The molecule has 1 unspecified atom stereocenters. The summed E-state index contributed by atoms with van der Waals surface area (Å²) in [7, 11) is 2.85. The summed E-state index contributed by atoms with van der Waals surface area (Å²) < 4.78 is 9.43. The first-order chi connectivity index (χ1) is 7.11. The van der Waals surface area contributed by atoms with E-state index in [4.69, 9.17) is 9.84 Å². The number of carbonyl (C=O) groups excluding carboxylic acids is 1. The Bertz CT molecular complexity index is 207. The minimum atomic E-state index is -1.09. The molecule has 0 rings (SSSR count). The van der Waals surface area contributed by atoms with E-state index in [1.54, 1.807) is 7.11 Å². The Morgan fingerprint density at radius 3 is 2.53 bits per heavy atom. The molecule has 0 fully saturated rings. The van der Waals surface area contributed by atoms with Crippen LogP contribution in [-0.2, 0) is 19.1 Å². The van der Waals surface area contributed by atoms with Crippen LogP contribution in [0.25, 0.3) is 0 Å². The maximum absolute atomic E-state index is 11.1. The molecule has 2 N–H and O–H groups in total. The SMILES string of the molecule is COCCCC(=O)NCC(OC)C(=O)O. The van der Waals surface area contributed by atoms with Crippen molar-refractivity contribution in [1.29, 1.82) is 0 Å². The highest BCUT2D eigenvalue weighted by molar-refractivity contribution is 5.78. The number of amides is 1. The number of methoxy groups -OCH3 is 2. The van der Waals surface area contributed by atoms with Crippen LogP contribution >= 0.6 is 0 Å². The van der Waals surface area contributed by atoms with Gasteiger partial charge >= 0.3 is 5.97 Å². The van der Waals surface area contributed by atoms with Crippen LogP contribution in [0.5, 0.6) is 0 Å². The largest absolute Gasteiger partial charge is 0.479 e. The van der Waals surface area contributed by atoms with Crippen LogP contribution < -0.4 is 5.32 Å². The first-order valence-electron chi connectivity index (χ1n) is 4.63. The molecule has 0 saturated heterocycles. The van der Waals surface area contributed by atoms with E-state index in [0.717, 1.165) is 0 Å². The molecule has 15 heavy (non-hydrogen) atoms. The van der Waals surface area contributed by atoms with Gasteiger partial charge < -0.3 is 19.9 Å². The topological polar surface area (TPSA) is 84.9 Å². The van der Waals surface area contributed by atoms with Crippen LogP contribution in [0.2, 0.25) is 0 Å². The molecule has 1 atom stereocenters. The summed E-state index contributed by atoms with van der Waals surface area (Å²) >= 11 is 0. The Hall–Kier alpha value is -1.14. The molecule has 0 aliphatic carbocycles. The number of hydrogen-bond acceptors (Lipinski definition) is 4. The molecule has 0 bridgehead atoms. The van der Waals surface area contributed by atoms with Crippen molar-refractivity contribution in [2.45, 2.75) is 18.9 Å². The van der Waals surface area contributed by atoms with Crippen LogP contribution in [0.3, 0.4) is 0 Å². The van der Waals surface area contributed by atoms with E-state index < -0.39 is 12.1 Å². The van der Waals surface area contributed by atoms with Crippen LogP contribution in [0.1, 0.15) is 12.8 Å². The molecule has 0 aliphatic rings. The van der Waals surface area contributed by atoms with Gasteiger partial charge in [-0.05, 0) is 6.42 Å². The summed E-state index contributed by atoms with van der Waals surface area (Å²) in [6.07, 6.45) is -0.0481. The zero-order valence-electron chi connectivity index (χ0n) is 8.99. The number of rotatable bonds is 8. The molecule has 0 spiro atoms. The Kier molecular flexibility index (Phi) is 7.57. The third kappa shape index (κ3) is 6.87. The van der Waals surface area contributed by atoms with Gasteiger partial charge in [-0.15, -0.1) is 0 Å². The van der Waals surface area contributed by atoms with Gasteiger partial charge in [-0.25, -0.2) is 4.79 Å². The molecule has 6 heteroatoms. The zero-order chi connectivity index (χ0) is 11.7. The van der Waals surface area contributed by atoms with Crippen molar-refractivity contribution < 1.29 is 24.2 Å². The summed E-state index contributed by atoms with van der Waals surface area (Å²) in [6, 6.07) is 0. The molecule has 0 aromatic heterocycles. The van der Waals surface area contributed by atoms with Gasteiger partial charge in [-0.3, -0.25) is 4.79 Å². The Balaban J connectivity index is 3.64. The quantitative estimate of drug-likeness (QED) is 0.544. The Morgan fingerprint density at radius 2 is 2.07 bits per heavy atom. The van der Waals surface area contributed by atoms with Gasteiger partial charge in [0, 0.05) is 27.2 Å². The van der Waals surface area contributed by atoms with E-state index in [1.165, 1.54) is 7.11 Å². The number of carbonyl (C=O) groups is 2. The normalized spacial score (nSPS) is 12.1. The standard InChI is InChI=1S/C9H17NO5/c1-14-5-3-4-8(11)10-6-7(15-2)9(12)13/h7H,3-6H2,1-2H3,(H,10,11)(H,12,13). The van der Waals surface area contributed by atoms with E-state index >= 15 is 0 Å². The molecule has 6 nitrogen and oxygen atoms in total. The van der Waals surface area contributed by atoms with Gasteiger partial charge in [0.2, 0.25) is 5.91 Å². The van der Waals surface area contributed by atoms with Gasteiger partial charge in [0.25, 0.3) is 0 Å². The predicted octanol–water partition coefficient (Wildman–Crippen LogP) is -0.371. The summed E-state index contributed by atoms with van der Waals surface area (Å²) in [5, 5.41) is 11.1. The van der Waals surface area contributed by atoms with Crippen molar-refractivity contribution >= 4 is 11.9 Å². The highest BCUT2D eigenvalue weighted by Crippen LogP contribution is 1.91. The van der Waals surface area contributed by atoms with Crippen LogP contribution in [0, 0.1) is 0 Å². The summed E-state index contributed by atoms with van der Waals surface area (Å²) in [5.41, 5.74) is 0. The Morgan fingerprint density at radius 1 is 1.40 bits per heavy atom. The molecule has 0 aromatic rings. The van der Waals surface area contributed by atoms with Crippen LogP contribution in [-0.4, -0.2) is 50.5 Å². The van der Waals surface area contributed by atoms with Gasteiger partial charge in [-0.1, -0.05) is 0 Å². The number of aliphatic carboxylic acids is 1. The van der Waals surface area contributed by atoms with E-state index in [-0.39, 0.29) is 12.5 Å². The van der Waals surface area contributed by atoms with Crippen molar-refractivity contribution in [3.05, 3.63) is 0 Å². The molecule has 0 radical (unpaired) electrons. The second-order valence-electron chi connectivity index (χ2n) is 2.96. The molecular weight excluding hydrogens is 202 g/mol. The smallest absolute Gasteiger partial charge is 0.334 e. The van der Waals surface area contributed by atoms with Crippen molar-refractivity contribution in [1.82, 2.24) is 5.32 Å². The molecule has 0 saturated carbocycles. The third-order valence-corrected chi connectivity index (χ3v) is 1.80. The van der Waals surface area contributed by atoms with Crippen LogP contribution in [0.4, 0.5) is 0 Å². The average molecular weight is 219 g/mol. The molecule has 0 aliphatic heterocycles. The molecule has 0 aromatic carbocycles. The van der Waals surface area contributed by atoms with E-state index in [0.29, 0.717) is 19.4 Å². The second-order valence-corrected chi connectivity index (χ2v) is 2.96. The predicted molar refractivity (Wildman–Crippen MR) is 52.6 cm³/mol. The van der Waals surface area contributed by atoms with Crippen LogP contribution in [0.15, 0.2) is 0 Å². The number of ether oxygens (including phenoxy) is 2. The molecule has 1 amide bonds. The molecular formula is C9H17NO5. The number of carboxylic acid groups (broad SMARTS) is 1. The minimum Gasteiger partial charge on any atom is -0.479 e. The van der Waals surface area contributed by atoms with Gasteiger partial charge in [0.1, 0.15) is 0 Å². The zero-order valence-corrected chi connectivity index (χ0v) is 8.99. The van der Waals surface area contributed by atoms with Gasteiger partial charge in [-0.2, -0.15) is 0 Å². The number of nitrogens with one attached hydrogen (secondary N) is 1. The fraction of sp³-hybridized carbons (Fsp3) is 0.778. The number of carboxylic acids is 1. The van der Waals surface area contributed by atoms with E-state index in [1.807, 2.05) is 0 Å². The van der Waals surface area contributed by atoms with Crippen molar-refractivity contribution in [3.63, 3.8) is 0 Å². The highest BCUT2D eigenvalue weighted by Gasteiger charge is 2.16. The minimum absolute atomic E-state index is 0.0162.